The van der Waals surface area contributed by atoms with Crippen LogP contribution in [0.2, 0.25) is 0 Å². The molecule has 2 aromatic carbocycles. The molecule has 202 valence electrons. The smallest absolute Gasteiger partial charge is 0.228 e. The first kappa shape index (κ1) is 25.5. The van der Waals surface area contributed by atoms with Gasteiger partial charge in [0.05, 0.1) is 23.4 Å². The second-order valence-electron chi connectivity index (χ2n) is 10.6. The minimum Gasteiger partial charge on any atom is -0.437 e. The fourth-order valence-electron chi connectivity index (χ4n) is 5.68. The van der Waals surface area contributed by atoms with Gasteiger partial charge in [-0.3, -0.25) is 0 Å². The number of fused-ring (bicyclic) bond motifs is 1. The molecule has 1 saturated heterocycles. The zero-order chi connectivity index (χ0) is 26.6. The monoisotopic (exact) mass is 524 g/mol. The number of aliphatic hydroxyl groups excluding tert-OH is 1. The number of aliphatic hydroxyl groups is 1. The quantitative estimate of drug-likeness (QED) is 0.245. The minimum atomic E-state index is -0.326. The summed E-state index contributed by atoms with van der Waals surface area (Å²) in [6.45, 7) is 4.02. The molecule has 0 bridgehead atoms. The summed E-state index contributed by atoms with van der Waals surface area (Å²) in [6, 6.07) is 16.5. The van der Waals surface area contributed by atoms with Gasteiger partial charge in [0.1, 0.15) is 5.75 Å². The summed E-state index contributed by atoms with van der Waals surface area (Å²) in [5.74, 6) is 1.87. The molecule has 8 nitrogen and oxygen atoms in total. The topological polar surface area (TPSA) is 104 Å². The minimum absolute atomic E-state index is 0.0578. The van der Waals surface area contributed by atoms with Crippen LogP contribution in [0.15, 0.2) is 60.9 Å². The number of anilines is 2. The molecule has 3 heterocycles. The number of aromatic nitrogens is 3. The van der Waals surface area contributed by atoms with Crippen LogP contribution in [-0.4, -0.2) is 51.3 Å². The molecule has 3 atom stereocenters. The van der Waals surface area contributed by atoms with Gasteiger partial charge in [0, 0.05) is 41.4 Å². The maximum absolute atomic E-state index is 10.5. The summed E-state index contributed by atoms with van der Waals surface area (Å²) in [4.78, 5) is 13.9. The summed E-state index contributed by atoms with van der Waals surface area (Å²) < 4.78 is 6.58. The first-order valence-corrected chi connectivity index (χ1v) is 14.1. The first-order chi connectivity index (χ1) is 19.2. The number of hydrogen-bond donors (Lipinski definition) is 4. The van der Waals surface area contributed by atoms with Gasteiger partial charge in [0.15, 0.2) is 0 Å². The van der Waals surface area contributed by atoms with Crippen LogP contribution in [0.3, 0.4) is 0 Å². The van der Waals surface area contributed by atoms with E-state index in [1.54, 1.807) is 12.4 Å². The lowest BCUT2D eigenvalue weighted by Crippen LogP contribution is -2.38. The summed E-state index contributed by atoms with van der Waals surface area (Å²) >= 11 is 0. The number of ether oxygens (including phenoxy) is 1. The average Bonchev–Trinajstić information content (AvgIpc) is 2.97. The molecule has 2 aliphatic rings. The largest absolute Gasteiger partial charge is 0.437 e. The molecule has 0 unspecified atom stereocenters. The number of nitrogens with one attached hydrogen (secondary N) is 3. The van der Waals surface area contributed by atoms with E-state index in [4.69, 9.17) is 9.72 Å². The van der Waals surface area contributed by atoms with E-state index in [1.807, 2.05) is 31.2 Å². The number of piperidine rings is 1. The van der Waals surface area contributed by atoms with Gasteiger partial charge >= 0.3 is 0 Å². The van der Waals surface area contributed by atoms with E-state index in [-0.39, 0.29) is 12.1 Å². The molecule has 6 rings (SSSR count). The Morgan fingerprint density at radius 3 is 2.69 bits per heavy atom. The second-order valence-corrected chi connectivity index (χ2v) is 10.6. The van der Waals surface area contributed by atoms with E-state index in [9.17, 15) is 5.11 Å². The lowest BCUT2D eigenvalue weighted by atomic mass is 9.92. The van der Waals surface area contributed by atoms with E-state index in [1.165, 1.54) is 0 Å². The highest BCUT2D eigenvalue weighted by molar-refractivity contribution is 5.98. The number of hydrogen-bond acceptors (Lipinski definition) is 8. The maximum atomic E-state index is 10.5. The Morgan fingerprint density at radius 1 is 0.897 bits per heavy atom. The van der Waals surface area contributed by atoms with Gasteiger partial charge in [-0.1, -0.05) is 37.1 Å². The summed E-state index contributed by atoms with van der Waals surface area (Å²) in [5, 5.41) is 23.1. The van der Waals surface area contributed by atoms with Crippen LogP contribution >= 0.6 is 0 Å². The van der Waals surface area contributed by atoms with Crippen molar-refractivity contribution in [1.82, 2.24) is 20.3 Å². The highest BCUT2D eigenvalue weighted by atomic mass is 16.5. The Balaban J connectivity index is 1.31. The predicted octanol–water partition coefficient (Wildman–Crippen LogP) is 5.67. The van der Waals surface area contributed by atoms with Gasteiger partial charge in [-0.25, -0.2) is 15.0 Å². The normalized spacial score (nSPS) is 21.4. The van der Waals surface area contributed by atoms with Crippen molar-refractivity contribution in [2.75, 3.05) is 23.7 Å². The van der Waals surface area contributed by atoms with Crippen molar-refractivity contribution < 1.29 is 9.84 Å². The van der Waals surface area contributed by atoms with E-state index in [2.05, 4.69) is 50.2 Å². The van der Waals surface area contributed by atoms with Crippen molar-refractivity contribution >= 4 is 22.4 Å². The standard InChI is InChI=1S/C31H36N6O2/c1-20-13-14-22-23(8-4-11-25(22)36-27-10-2-3-12-28(27)38)29(20)39-30-24(9-6-17-33-30)26-15-18-34-31(37-26)35-21-7-5-16-32-19-21/h4,6,8-9,11,13-15,17-18,21,27-28,32,36,38H,2-3,5,7,10,12,16,19H2,1H3,(H,34,35,37)/t21-,27-,28-/m0/s1. The maximum Gasteiger partial charge on any atom is 0.228 e. The molecule has 4 N–H and O–H groups in total. The fraction of sp³-hybridized carbons (Fsp3) is 0.387. The van der Waals surface area contributed by atoms with Crippen LogP contribution < -0.4 is 20.7 Å². The first-order valence-electron chi connectivity index (χ1n) is 14.1. The van der Waals surface area contributed by atoms with Crippen LogP contribution in [0.1, 0.15) is 44.1 Å². The van der Waals surface area contributed by atoms with Crippen molar-refractivity contribution in [1.29, 1.82) is 0 Å². The second kappa shape index (κ2) is 11.6. The van der Waals surface area contributed by atoms with E-state index in [0.29, 0.717) is 17.9 Å². The third kappa shape index (κ3) is 5.67. The SMILES string of the molecule is Cc1ccc2c(N[C@H]3CCCC[C@@H]3O)cccc2c1Oc1ncccc1-c1ccnc(N[C@H]2CCCNC2)n1. The molecular weight excluding hydrogens is 488 g/mol. The van der Waals surface area contributed by atoms with Crippen molar-refractivity contribution in [3.05, 3.63) is 66.5 Å². The molecule has 8 heteroatoms. The van der Waals surface area contributed by atoms with Gasteiger partial charge in [-0.05, 0) is 69.0 Å². The van der Waals surface area contributed by atoms with E-state index < -0.39 is 0 Å². The van der Waals surface area contributed by atoms with E-state index in [0.717, 1.165) is 90.6 Å². The van der Waals surface area contributed by atoms with Gasteiger partial charge in [0.2, 0.25) is 11.8 Å². The Morgan fingerprint density at radius 2 is 1.82 bits per heavy atom. The van der Waals surface area contributed by atoms with Crippen LogP contribution in [-0.2, 0) is 0 Å². The lowest BCUT2D eigenvalue weighted by molar-refractivity contribution is 0.116. The Hall–Kier alpha value is -3.75. The highest BCUT2D eigenvalue weighted by Crippen LogP contribution is 2.39. The zero-order valence-electron chi connectivity index (χ0n) is 22.4. The number of rotatable bonds is 7. The van der Waals surface area contributed by atoms with Crippen LogP contribution in [0, 0.1) is 6.92 Å². The number of benzene rings is 2. The molecule has 0 spiro atoms. The Bertz CT molecular complexity index is 1440. The molecular formula is C31H36N6O2. The third-order valence-electron chi connectivity index (χ3n) is 7.81. The Kier molecular flexibility index (Phi) is 7.56. The van der Waals surface area contributed by atoms with Gasteiger partial charge in [-0.15, -0.1) is 0 Å². The average molecular weight is 525 g/mol. The lowest BCUT2D eigenvalue weighted by Gasteiger charge is -2.29. The molecule has 0 amide bonds. The number of pyridine rings is 1. The van der Waals surface area contributed by atoms with Crippen molar-refractivity contribution in [2.45, 2.75) is 63.6 Å². The molecule has 2 aromatic heterocycles. The van der Waals surface area contributed by atoms with Gasteiger partial charge < -0.3 is 25.8 Å². The van der Waals surface area contributed by atoms with Crippen molar-refractivity contribution in [3.8, 4) is 22.9 Å². The zero-order valence-corrected chi connectivity index (χ0v) is 22.4. The summed E-state index contributed by atoms with van der Waals surface area (Å²) in [7, 11) is 0. The molecule has 1 aliphatic carbocycles. The van der Waals surface area contributed by atoms with Gasteiger partial charge in [-0.2, -0.15) is 0 Å². The molecule has 39 heavy (non-hydrogen) atoms. The van der Waals surface area contributed by atoms with E-state index >= 15 is 0 Å². The predicted molar refractivity (Wildman–Crippen MR) is 155 cm³/mol. The molecule has 1 aliphatic heterocycles. The third-order valence-corrected chi connectivity index (χ3v) is 7.81. The molecule has 0 radical (unpaired) electrons. The van der Waals surface area contributed by atoms with Crippen molar-refractivity contribution in [3.63, 3.8) is 0 Å². The van der Waals surface area contributed by atoms with Gasteiger partial charge in [0.25, 0.3) is 0 Å². The fourth-order valence-corrected chi connectivity index (χ4v) is 5.68. The van der Waals surface area contributed by atoms with Crippen LogP contribution in [0.25, 0.3) is 22.0 Å². The molecule has 1 saturated carbocycles. The van der Waals surface area contributed by atoms with Crippen LogP contribution in [0.5, 0.6) is 11.6 Å². The number of nitrogens with zero attached hydrogens (tertiary/aromatic N) is 3. The summed E-state index contributed by atoms with van der Waals surface area (Å²) in [6.07, 6.45) is 9.46. The van der Waals surface area contributed by atoms with Crippen molar-refractivity contribution in [2.24, 2.45) is 0 Å². The highest BCUT2D eigenvalue weighted by Gasteiger charge is 2.24. The summed E-state index contributed by atoms with van der Waals surface area (Å²) in [5.41, 5.74) is 3.59. The molecule has 2 fully saturated rings. The number of aryl methyl sites for hydroxylation is 1. The van der Waals surface area contributed by atoms with Crippen LogP contribution in [0.4, 0.5) is 11.6 Å². The molecule has 4 aromatic rings. The Labute approximate surface area is 229 Å².